The highest BCUT2D eigenvalue weighted by molar-refractivity contribution is 5.78. The van der Waals surface area contributed by atoms with Crippen molar-refractivity contribution >= 4 is 23.2 Å². The molecule has 7 nitrogen and oxygen atoms in total. The Kier molecular flexibility index (Phi) is 15.5. The van der Waals surface area contributed by atoms with E-state index in [9.17, 15) is 25.2 Å². The fourth-order valence-corrected chi connectivity index (χ4v) is 26.4. The molecule has 20 rings (SSSR count). The quantitative estimate of drug-likeness (QED) is 0.103. The fourth-order valence-electron chi connectivity index (χ4n) is 26.4. The minimum atomic E-state index is -0.783. The van der Waals surface area contributed by atoms with Crippen molar-refractivity contribution < 1.29 is 25.2 Å². The topological polar surface area (TPSA) is 122 Å². The van der Waals surface area contributed by atoms with E-state index in [2.05, 4.69) is 148 Å². The molecule has 0 unspecified atom stereocenters. The average Bonchev–Trinajstić information content (AvgIpc) is 1.07. The molecule has 4 spiro atoms. The summed E-state index contributed by atoms with van der Waals surface area (Å²) in [5.41, 5.74) is 12.7. The van der Waals surface area contributed by atoms with Crippen LogP contribution in [0.1, 0.15) is 211 Å². The molecule has 6 heterocycles. The minimum Gasteiger partial charge on any atom is -0.516 e. The molecule has 6 saturated carbocycles. The largest absolute Gasteiger partial charge is 0.516 e. The van der Waals surface area contributed by atoms with Gasteiger partial charge in [-0.1, -0.05) is 180 Å². The zero-order valence-corrected chi connectivity index (χ0v) is 56.2. The summed E-state index contributed by atoms with van der Waals surface area (Å²) in [6, 6.07) is 30.1. The maximum atomic E-state index is 14.9. The van der Waals surface area contributed by atoms with Gasteiger partial charge in [0.05, 0.1) is 30.2 Å². The van der Waals surface area contributed by atoms with Crippen LogP contribution in [-0.4, -0.2) is 51.7 Å². The summed E-state index contributed by atoms with van der Waals surface area (Å²) in [7, 11) is 0. The fraction of sp³-hybridized carbons (Fsp3) is 0.612. The van der Waals surface area contributed by atoms with Crippen LogP contribution in [0.3, 0.4) is 0 Å². The first kappa shape index (κ1) is 61.5. The third-order valence-corrected chi connectivity index (χ3v) is 29.8. The van der Waals surface area contributed by atoms with Crippen molar-refractivity contribution in [2.75, 3.05) is 13.1 Å². The van der Waals surface area contributed by atoms with Gasteiger partial charge in [0.1, 0.15) is 0 Å². The number of hydrogen-bond acceptors (Lipinski definition) is 6. The van der Waals surface area contributed by atoms with Crippen LogP contribution < -0.4 is 21.1 Å². The molecule has 0 saturated heterocycles. The lowest BCUT2D eigenvalue weighted by molar-refractivity contribution is -0.167. The van der Waals surface area contributed by atoms with Crippen LogP contribution in [0.2, 0.25) is 0 Å². The predicted octanol–water partition coefficient (Wildman–Crippen LogP) is 16.8. The predicted molar refractivity (Wildman–Crippen MR) is 371 cm³/mol. The summed E-state index contributed by atoms with van der Waals surface area (Å²) in [5, 5.41) is 61.1. The van der Waals surface area contributed by atoms with Gasteiger partial charge in [-0.15, -0.1) is 0 Å². The van der Waals surface area contributed by atoms with Crippen molar-refractivity contribution in [3.8, 4) is 0 Å². The maximum Gasteiger partial charge on any atom is 0.306 e. The third-order valence-electron chi connectivity index (χ3n) is 29.8. The molecule has 6 fully saturated rings. The van der Waals surface area contributed by atoms with Crippen molar-refractivity contribution in [3.63, 3.8) is 0 Å². The lowest BCUT2D eigenvalue weighted by Gasteiger charge is -2.74. The molecule has 0 aromatic heterocycles. The van der Waals surface area contributed by atoms with Crippen molar-refractivity contribution in [2.24, 2.45) is 91.2 Å². The molecule has 3 aromatic carbocycles. The van der Waals surface area contributed by atoms with Gasteiger partial charge in [0.2, 0.25) is 0 Å². The van der Waals surface area contributed by atoms with E-state index in [1.807, 2.05) is 0 Å². The summed E-state index contributed by atoms with van der Waals surface area (Å²) < 4.78 is 0. The van der Waals surface area contributed by atoms with Crippen molar-refractivity contribution in [1.82, 2.24) is 10.6 Å². The number of benzene rings is 3. The van der Waals surface area contributed by atoms with Crippen LogP contribution in [0.15, 0.2) is 143 Å². The number of hydrogen-bond donors (Lipinski definition) is 6. The van der Waals surface area contributed by atoms with Crippen LogP contribution in [0.25, 0.3) is 17.2 Å². The van der Waals surface area contributed by atoms with Gasteiger partial charge in [-0.2, -0.15) is 0 Å². The van der Waals surface area contributed by atoms with Crippen molar-refractivity contribution in [3.05, 3.63) is 170 Å². The number of aliphatic carboxylic acids is 1. The van der Waals surface area contributed by atoms with Crippen LogP contribution in [0.5, 0.6) is 0 Å². The molecule has 11 aliphatic carbocycles. The zero-order valence-electron chi connectivity index (χ0n) is 56.2. The van der Waals surface area contributed by atoms with E-state index >= 15 is 0 Å². The average molecular weight is 1240 g/mol. The lowest BCUT2D eigenvalue weighted by Crippen LogP contribution is -2.69. The minimum absolute atomic E-state index is 0.0878. The molecule has 488 valence electrons. The molecule has 0 radical (unpaired) electrons. The molecular formula is C85H108N2O5. The molecule has 15 atom stereocenters. The van der Waals surface area contributed by atoms with E-state index in [-0.39, 0.29) is 39.4 Å². The molecule has 6 N–H and O–H groups in total. The van der Waals surface area contributed by atoms with Gasteiger partial charge in [-0.05, 0) is 255 Å². The first-order valence-electron chi connectivity index (χ1n) is 37.5. The van der Waals surface area contributed by atoms with Gasteiger partial charge in [0, 0.05) is 46.6 Å². The van der Waals surface area contributed by atoms with E-state index < -0.39 is 46.3 Å². The summed E-state index contributed by atoms with van der Waals surface area (Å²) in [5.74, 6) is 1.34. The second kappa shape index (κ2) is 23.2. The summed E-state index contributed by atoms with van der Waals surface area (Å²) in [6.07, 6.45) is 42.0. The molecule has 7 heteroatoms. The summed E-state index contributed by atoms with van der Waals surface area (Å²) >= 11 is 0. The standard InChI is InChI=1S/C85H108N2O5/c1-54(2)41-63-31-36-79(3)74(90)33-39-84-70-32-37-80(4)76-67(77(91)92)28-26-62(53-88)65(58-20-9-6-10-21-58)25-16-40-86-75-29-27-61(52-87-75)59-23-15-19-56(43-59)44-68-66-24-12-11-22-60(66)45-71(84)69(68)49-83(63,78(79)84)50-72(70)85(80,51-73(76)89)64-47-81(34-13-14-35-81)82(48-64)38-30-57(46-82)42-55-17-7-5-8-18-55/h5,7-8,11-12,15,17-19,22-24,27,29,31,43,45,49,53-54,57-58,64-65,67,71,73-74,76,78,86-90H,6,9-10,13-14,16,20-21,25-26,28,30,32-42,44,46-48,50-52H2,1-4H3,(H,91,92)/b62-53+/t57-,64-,65+,67-,71+,73-,74+,76+,78-,79-,80-,82-,83-,84-,85-/m1/s1. The number of carboxylic acids is 1. The Morgan fingerprint density at radius 3 is 2.35 bits per heavy atom. The lowest BCUT2D eigenvalue weighted by atomic mass is 9.29. The number of carboxylic acid groups (broad SMARTS) is 1. The normalized spacial score (nSPS) is 40.1. The SMILES string of the molecule is CC(C)CC1=CC[C@]2(C)[C@@H](O)CC[C@@]34C5=C6C[C@@]1(C=C1C(=c7ccccc7=C[C@@H]13)Cc1cccc(c1)C1=CC=C(NCCC[C@@H](C3CCCCC3)/C(=C/O)CC[C@@H](C(=O)O)[C@H]3[C@H](O)C[C@]6([C@@H]6CC7(CCCC7)[C@@]7(CC[C@H](Cc8ccccc8)C7)C6)[C@]3(C)CC5)NC1)[C@@H]24. The van der Waals surface area contributed by atoms with Gasteiger partial charge in [-0.25, -0.2) is 0 Å². The van der Waals surface area contributed by atoms with Gasteiger partial charge in [0.15, 0.2) is 0 Å². The van der Waals surface area contributed by atoms with Crippen LogP contribution in [-0.2, 0) is 17.6 Å². The van der Waals surface area contributed by atoms with Gasteiger partial charge >= 0.3 is 5.97 Å². The second-order valence-electron chi connectivity index (χ2n) is 34.2. The molecule has 14 bridgehead atoms. The Labute approximate surface area is 550 Å². The van der Waals surface area contributed by atoms with Gasteiger partial charge < -0.3 is 31.1 Å². The van der Waals surface area contributed by atoms with E-state index in [4.69, 9.17) is 0 Å². The number of dihydropyridines is 1. The Morgan fingerprint density at radius 2 is 1.57 bits per heavy atom. The number of allylic oxidation sites excluding steroid dienone is 9. The Morgan fingerprint density at radius 1 is 0.761 bits per heavy atom. The highest BCUT2D eigenvalue weighted by atomic mass is 16.4. The Balaban J connectivity index is 0.924. The van der Waals surface area contributed by atoms with E-state index in [1.54, 1.807) is 16.7 Å². The van der Waals surface area contributed by atoms with Crippen LogP contribution in [0.4, 0.5) is 0 Å². The molecule has 17 aliphatic rings. The molecule has 0 amide bonds. The Hall–Kier alpha value is -5.37. The molecule has 6 aliphatic heterocycles. The number of fused-ring (bicyclic) bond motifs is 2. The first-order valence-corrected chi connectivity index (χ1v) is 37.5. The second-order valence-corrected chi connectivity index (χ2v) is 34.2. The third kappa shape index (κ3) is 9.27. The first-order chi connectivity index (χ1) is 44.6. The molecular weight excluding hydrogens is 1130 g/mol. The molecule has 92 heavy (non-hydrogen) atoms. The van der Waals surface area contributed by atoms with Crippen LogP contribution in [0, 0.1) is 91.2 Å². The summed E-state index contributed by atoms with van der Waals surface area (Å²) in [4.78, 5) is 14.9. The van der Waals surface area contributed by atoms with E-state index in [0.29, 0.717) is 42.9 Å². The Bertz CT molecular complexity index is 3720. The number of aliphatic hydroxyl groups is 3. The number of nitrogens with one attached hydrogen (secondary N) is 2. The molecule has 3 aromatic rings. The number of aliphatic hydroxyl groups excluding tert-OH is 3. The van der Waals surface area contributed by atoms with E-state index in [0.717, 1.165) is 108 Å². The monoisotopic (exact) mass is 1240 g/mol. The zero-order chi connectivity index (χ0) is 63.0. The van der Waals surface area contributed by atoms with Crippen molar-refractivity contribution in [2.45, 2.75) is 220 Å². The van der Waals surface area contributed by atoms with Crippen molar-refractivity contribution in [1.29, 1.82) is 0 Å². The maximum absolute atomic E-state index is 14.9. The highest BCUT2D eigenvalue weighted by Gasteiger charge is 2.78. The van der Waals surface area contributed by atoms with Gasteiger partial charge in [0.25, 0.3) is 0 Å². The highest BCUT2D eigenvalue weighted by Crippen LogP contribution is 2.85. The van der Waals surface area contributed by atoms with Crippen LogP contribution >= 0.6 is 0 Å². The van der Waals surface area contributed by atoms with Gasteiger partial charge in [-0.3, -0.25) is 4.79 Å². The number of rotatable bonds is 7. The smallest absolute Gasteiger partial charge is 0.306 e. The van der Waals surface area contributed by atoms with E-state index in [1.165, 1.54) is 127 Å². The summed E-state index contributed by atoms with van der Waals surface area (Å²) in [6.45, 7) is 11.5. The number of carbonyl (C=O) groups is 1.